The average Bonchev–Trinajstić information content (AvgIpc) is 3.18. The third kappa shape index (κ3) is 3.48. The molecular weight excluding hydrogens is 397 g/mol. The molecule has 0 atom stereocenters. The van der Waals surface area contributed by atoms with Crippen LogP contribution in [0, 0.1) is 5.82 Å². The third-order valence-electron chi connectivity index (χ3n) is 4.76. The highest BCUT2D eigenvalue weighted by atomic mass is 32.1. The maximum Gasteiger partial charge on any atom is 0.162 e. The maximum atomic E-state index is 14.0. The van der Waals surface area contributed by atoms with Crippen LogP contribution in [0.1, 0.15) is 24.8 Å². The molecule has 5 rings (SSSR count). The Kier molecular flexibility index (Phi) is 4.59. The van der Waals surface area contributed by atoms with Crippen LogP contribution in [-0.2, 0) is 0 Å². The van der Waals surface area contributed by atoms with Crippen molar-refractivity contribution in [3.63, 3.8) is 0 Å². The molecule has 5 nitrogen and oxygen atoms in total. The van der Waals surface area contributed by atoms with Crippen LogP contribution in [0.5, 0.6) is 0 Å². The van der Waals surface area contributed by atoms with Gasteiger partial charge in [0.25, 0.3) is 0 Å². The van der Waals surface area contributed by atoms with Crippen LogP contribution in [0.15, 0.2) is 60.9 Å². The number of hydrogen-bond donors (Lipinski definition) is 1. The van der Waals surface area contributed by atoms with E-state index in [4.69, 9.17) is 4.98 Å². The van der Waals surface area contributed by atoms with Gasteiger partial charge in [0.1, 0.15) is 11.6 Å². The largest absolute Gasteiger partial charge is 0.340 e. The molecule has 2 aromatic carbocycles. The molecule has 148 valence electrons. The second-order valence-electron chi connectivity index (χ2n) is 7.31. The monoisotopic (exact) mass is 415 g/mol. The van der Waals surface area contributed by atoms with Gasteiger partial charge in [-0.25, -0.2) is 19.3 Å². The fourth-order valence-electron chi connectivity index (χ4n) is 3.23. The van der Waals surface area contributed by atoms with E-state index in [-0.39, 0.29) is 5.82 Å². The minimum atomic E-state index is -0.328. The Morgan fingerprint density at radius 2 is 1.70 bits per heavy atom. The van der Waals surface area contributed by atoms with Crippen molar-refractivity contribution in [3.8, 4) is 11.4 Å². The zero-order valence-corrected chi connectivity index (χ0v) is 17.2. The van der Waals surface area contributed by atoms with Crippen molar-refractivity contribution in [2.75, 3.05) is 5.32 Å². The zero-order valence-electron chi connectivity index (χ0n) is 16.4. The first-order valence-corrected chi connectivity index (χ1v) is 10.4. The molecule has 0 spiro atoms. The number of rotatable bonds is 4. The lowest BCUT2D eigenvalue weighted by molar-refractivity contribution is 0.629. The van der Waals surface area contributed by atoms with E-state index in [1.807, 2.05) is 24.3 Å². The van der Waals surface area contributed by atoms with Gasteiger partial charge in [-0.05, 0) is 48.5 Å². The van der Waals surface area contributed by atoms with Gasteiger partial charge >= 0.3 is 0 Å². The van der Waals surface area contributed by atoms with E-state index in [1.165, 1.54) is 12.1 Å². The molecule has 5 aromatic rings. The second-order valence-corrected chi connectivity index (χ2v) is 8.37. The number of hydrogen-bond acceptors (Lipinski definition) is 6. The van der Waals surface area contributed by atoms with Gasteiger partial charge in [-0.3, -0.25) is 4.98 Å². The molecule has 0 fully saturated rings. The van der Waals surface area contributed by atoms with Crippen molar-refractivity contribution >= 4 is 44.0 Å². The van der Waals surface area contributed by atoms with E-state index in [0.29, 0.717) is 28.5 Å². The Morgan fingerprint density at radius 1 is 0.900 bits per heavy atom. The Bertz CT molecular complexity index is 1360. The van der Waals surface area contributed by atoms with Crippen LogP contribution >= 0.6 is 11.3 Å². The fourth-order valence-corrected chi connectivity index (χ4v) is 4.24. The molecule has 0 radical (unpaired) electrons. The van der Waals surface area contributed by atoms with Crippen LogP contribution in [0.2, 0.25) is 0 Å². The number of nitrogens with zero attached hydrogens (tertiary/aromatic N) is 4. The zero-order chi connectivity index (χ0) is 20.7. The van der Waals surface area contributed by atoms with Gasteiger partial charge in [-0.15, -0.1) is 11.3 Å². The van der Waals surface area contributed by atoms with Crippen LogP contribution in [0.4, 0.5) is 15.9 Å². The van der Waals surface area contributed by atoms with Crippen LogP contribution in [-0.4, -0.2) is 19.9 Å². The first-order valence-electron chi connectivity index (χ1n) is 9.62. The number of anilines is 2. The summed E-state index contributed by atoms with van der Waals surface area (Å²) in [6, 6.07) is 14.2. The standard InChI is InChI=1S/C23H18FN5S/c1-13(2)23-28-19-6-4-16(12-20(19)30-23)26-22-17-11-15(24)3-5-18(17)27-21(29-22)14-7-9-25-10-8-14/h3-13H,1-2H3,(H,26,27,29). The predicted octanol–water partition coefficient (Wildman–Crippen LogP) is 6.31. The van der Waals surface area contributed by atoms with E-state index in [1.54, 1.807) is 29.8 Å². The quantitative estimate of drug-likeness (QED) is 0.373. The SMILES string of the molecule is CC(C)c1nc2ccc(Nc3nc(-c4ccncc4)nc4ccc(F)cc34)cc2s1. The molecule has 0 unspecified atom stereocenters. The first-order chi connectivity index (χ1) is 14.6. The molecule has 0 bridgehead atoms. The highest BCUT2D eigenvalue weighted by Gasteiger charge is 2.12. The summed E-state index contributed by atoms with van der Waals surface area (Å²) in [5.74, 6) is 1.17. The molecule has 30 heavy (non-hydrogen) atoms. The van der Waals surface area contributed by atoms with Gasteiger partial charge in [0.2, 0.25) is 0 Å². The average molecular weight is 415 g/mol. The van der Waals surface area contributed by atoms with E-state index < -0.39 is 0 Å². The first kappa shape index (κ1) is 18.6. The molecular formula is C23H18FN5S. The van der Waals surface area contributed by atoms with Crippen LogP contribution in [0.3, 0.4) is 0 Å². The number of aromatic nitrogens is 4. The third-order valence-corrected chi connectivity index (χ3v) is 6.08. The van der Waals surface area contributed by atoms with Crippen molar-refractivity contribution in [1.29, 1.82) is 0 Å². The van der Waals surface area contributed by atoms with Crippen molar-refractivity contribution in [1.82, 2.24) is 19.9 Å². The summed E-state index contributed by atoms with van der Waals surface area (Å²) >= 11 is 1.69. The van der Waals surface area contributed by atoms with Gasteiger partial charge in [-0.2, -0.15) is 0 Å². The summed E-state index contributed by atoms with van der Waals surface area (Å²) in [5, 5.41) is 5.09. The fraction of sp³-hybridized carbons (Fsp3) is 0.130. The summed E-state index contributed by atoms with van der Waals surface area (Å²) in [4.78, 5) is 18.0. The Morgan fingerprint density at radius 3 is 2.50 bits per heavy atom. The van der Waals surface area contributed by atoms with E-state index >= 15 is 0 Å². The molecule has 0 aliphatic rings. The Hall–Kier alpha value is -3.45. The summed E-state index contributed by atoms with van der Waals surface area (Å²) in [6.45, 7) is 4.28. The maximum absolute atomic E-state index is 14.0. The smallest absolute Gasteiger partial charge is 0.162 e. The number of nitrogens with one attached hydrogen (secondary N) is 1. The predicted molar refractivity (Wildman–Crippen MR) is 120 cm³/mol. The Balaban J connectivity index is 1.62. The lowest BCUT2D eigenvalue weighted by atomic mass is 10.2. The lowest BCUT2D eigenvalue weighted by Gasteiger charge is -2.11. The van der Waals surface area contributed by atoms with Crippen LogP contribution < -0.4 is 5.32 Å². The molecule has 0 amide bonds. The van der Waals surface area contributed by atoms with Gasteiger partial charge in [-0.1, -0.05) is 13.8 Å². The normalized spacial score (nSPS) is 11.5. The number of benzene rings is 2. The summed E-state index contributed by atoms with van der Waals surface area (Å²) in [6.07, 6.45) is 3.40. The van der Waals surface area contributed by atoms with Crippen molar-refractivity contribution in [2.45, 2.75) is 19.8 Å². The van der Waals surface area contributed by atoms with Crippen molar-refractivity contribution < 1.29 is 4.39 Å². The van der Waals surface area contributed by atoms with Crippen LogP contribution in [0.25, 0.3) is 32.5 Å². The van der Waals surface area contributed by atoms with Crippen molar-refractivity contribution in [2.24, 2.45) is 0 Å². The molecule has 3 heterocycles. The topological polar surface area (TPSA) is 63.6 Å². The highest BCUT2D eigenvalue weighted by molar-refractivity contribution is 7.18. The minimum Gasteiger partial charge on any atom is -0.340 e. The molecule has 1 N–H and O–H groups in total. The number of thiazole rings is 1. The lowest BCUT2D eigenvalue weighted by Crippen LogP contribution is -2.00. The summed E-state index contributed by atoms with van der Waals surface area (Å²) < 4.78 is 15.1. The molecule has 0 aliphatic heterocycles. The Labute approximate surface area is 176 Å². The number of halogens is 1. The van der Waals surface area contributed by atoms with Gasteiger partial charge < -0.3 is 5.32 Å². The minimum absolute atomic E-state index is 0.328. The molecule has 0 saturated carbocycles. The summed E-state index contributed by atoms with van der Waals surface area (Å²) in [5.41, 5.74) is 3.36. The van der Waals surface area contributed by atoms with E-state index in [0.717, 1.165) is 26.5 Å². The molecule has 0 saturated heterocycles. The van der Waals surface area contributed by atoms with Gasteiger partial charge in [0.15, 0.2) is 5.82 Å². The second kappa shape index (κ2) is 7.42. The molecule has 3 aromatic heterocycles. The van der Waals surface area contributed by atoms with Crippen molar-refractivity contribution in [3.05, 3.63) is 71.7 Å². The highest BCUT2D eigenvalue weighted by Crippen LogP contribution is 2.32. The van der Waals surface area contributed by atoms with Gasteiger partial charge in [0, 0.05) is 34.9 Å². The molecule has 0 aliphatic carbocycles. The van der Waals surface area contributed by atoms with Gasteiger partial charge in [0.05, 0.1) is 20.7 Å². The number of pyridine rings is 1. The molecule has 7 heteroatoms. The van der Waals surface area contributed by atoms with E-state index in [9.17, 15) is 4.39 Å². The summed E-state index contributed by atoms with van der Waals surface area (Å²) in [7, 11) is 0. The number of fused-ring (bicyclic) bond motifs is 2. The van der Waals surface area contributed by atoms with E-state index in [2.05, 4.69) is 40.2 Å².